The fraction of sp³-hybridized carbons (Fsp3) is 0.500. The maximum atomic E-state index is 3.87. The van der Waals surface area contributed by atoms with E-state index in [1.165, 1.54) is 18.4 Å². The van der Waals surface area contributed by atoms with Crippen LogP contribution in [-0.2, 0) is 0 Å². The van der Waals surface area contributed by atoms with E-state index in [0.717, 1.165) is 17.8 Å². The van der Waals surface area contributed by atoms with Crippen LogP contribution in [0.25, 0.3) is 0 Å². The highest BCUT2D eigenvalue weighted by Crippen LogP contribution is 2.43. The molecular weight excluding hydrogens is 144 g/mol. The Kier molecular flexibility index (Phi) is 1.92. The molecule has 2 bridgehead atoms. The Labute approximate surface area is 74.7 Å². The van der Waals surface area contributed by atoms with E-state index in [2.05, 4.69) is 37.8 Å². The third kappa shape index (κ3) is 1.38. The van der Waals surface area contributed by atoms with Gasteiger partial charge in [0.05, 0.1) is 0 Å². The van der Waals surface area contributed by atoms with Gasteiger partial charge in [-0.05, 0) is 37.5 Å². The minimum absolute atomic E-state index is 0.802. The second-order valence-electron chi connectivity index (χ2n) is 4.15. The van der Waals surface area contributed by atoms with Crippen LogP contribution in [0.4, 0.5) is 0 Å². The molecule has 0 heteroatoms. The summed E-state index contributed by atoms with van der Waals surface area (Å²) >= 11 is 0. The van der Waals surface area contributed by atoms with Gasteiger partial charge in [0.15, 0.2) is 0 Å². The van der Waals surface area contributed by atoms with Gasteiger partial charge in [-0.1, -0.05) is 36.5 Å². The van der Waals surface area contributed by atoms with Gasteiger partial charge in [0.25, 0.3) is 0 Å². The molecule has 1 saturated carbocycles. The highest BCUT2D eigenvalue weighted by atomic mass is 14.4. The van der Waals surface area contributed by atoms with Crippen molar-refractivity contribution in [3.63, 3.8) is 0 Å². The van der Waals surface area contributed by atoms with Crippen LogP contribution in [0.5, 0.6) is 0 Å². The Balaban J connectivity index is 1.99. The molecule has 3 unspecified atom stereocenters. The third-order valence-corrected chi connectivity index (χ3v) is 2.96. The van der Waals surface area contributed by atoms with Crippen molar-refractivity contribution in [3.8, 4) is 0 Å². The summed E-state index contributed by atoms with van der Waals surface area (Å²) < 4.78 is 0. The molecule has 0 aromatic carbocycles. The summed E-state index contributed by atoms with van der Waals surface area (Å²) in [4.78, 5) is 0. The van der Waals surface area contributed by atoms with Crippen molar-refractivity contribution in [2.75, 3.05) is 0 Å². The molecule has 64 valence electrons. The van der Waals surface area contributed by atoms with Crippen LogP contribution in [0.1, 0.15) is 19.8 Å². The van der Waals surface area contributed by atoms with Crippen molar-refractivity contribution in [3.05, 3.63) is 36.5 Å². The van der Waals surface area contributed by atoms with E-state index in [-0.39, 0.29) is 0 Å². The lowest BCUT2D eigenvalue weighted by molar-refractivity contribution is 0.550. The average molecular weight is 160 g/mol. The monoisotopic (exact) mass is 160 g/mol. The number of fused-ring (bicyclic) bond motifs is 2. The molecule has 3 atom stereocenters. The molecule has 0 amide bonds. The molecule has 2 rings (SSSR count). The zero-order valence-corrected chi connectivity index (χ0v) is 7.66. The normalized spacial score (nSPS) is 38.2. The quantitative estimate of drug-likeness (QED) is 0.429. The van der Waals surface area contributed by atoms with Crippen LogP contribution in [0.2, 0.25) is 0 Å². The summed E-state index contributed by atoms with van der Waals surface area (Å²) in [5, 5.41) is 0. The molecule has 1 fully saturated rings. The first kappa shape index (κ1) is 7.85. The molecule has 0 spiro atoms. The van der Waals surface area contributed by atoms with Crippen LogP contribution >= 0.6 is 0 Å². The van der Waals surface area contributed by atoms with Gasteiger partial charge in [0, 0.05) is 0 Å². The predicted molar refractivity (Wildman–Crippen MR) is 52.8 cm³/mol. The number of hydrogen-bond acceptors (Lipinski definition) is 0. The Hall–Kier alpha value is -0.780. The fourth-order valence-corrected chi connectivity index (χ4v) is 2.33. The molecule has 0 aromatic rings. The van der Waals surface area contributed by atoms with Crippen molar-refractivity contribution >= 4 is 0 Å². The van der Waals surface area contributed by atoms with Gasteiger partial charge in [0.1, 0.15) is 0 Å². The first-order valence-electron chi connectivity index (χ1n) is 4.78. The summed E-state index contributed by atoms with van der Waals surface area (Å²) in [5.74, 6) is 2.53. The second kappa shape index (κ2) is 2.93. The van der Waals surface area contributed by atoms with E-state index in [9.17, 15) is 0 Å². The molecule has 0 heterocycles. The summed E-state index contributed by atoms with van der Waals surface area (Å²) in [6, 6.07) is 0. The molecular formula is C12H16. The minimum Gasteiger partial charge on any atom is -0.0961 e. The smallest absolute Gasteiger partial charge is 0.0161 e. The van der Waals surface area contributed by atoms with E-state index >= 15 is 0 Å². The molecule has 2 aliphatic rings. The fourth-order valence-electron chi connectivity index (χ4n) is 2.33. The number of allylic oxidation sites excluding steroid dienone is 5. The van der Waals surface area contributed by atoms with E-state index in [1.54, 1.807) is 0 Å². The van der Waals surface area contributed by atoms with Crippen LogP contribution in [0.15, 0.2) is 36.5 Å². The largest absolute Gasteiger partial charge is 0.0961 e. The van der Waals surface area contributed by atoms with Gasteiger partial charge < -0.3 is 0 Å². The van der Waals surface area contributed by atoms with E-state index in [0.29, 0.717) is 0 Å². The van der Waals surface area contributed by atoms with Crippen molar-refractivity contribution in [1.82, 2.24) is 0 Å². The second-order valence-corrected chi connectivity index (χ2v) is 4.15. The van der Waals surface area contributed by atoms with Gasteiger partial charge >= 0.3 is 0 Å². The first-order valence-corrected chi connectivity index (χ1v) is 4.78. The minimum atomic E-state index is 0.802. The number of rotatable bonds is 2. The molecule has 0 nitrogen and oxygen atoms in total. The topological polar surface area (TPSA) is 0 Å². The van der Waals surface area contributed by atoms with Gasteiger partial charge in [-0.2, -0.15) is 0 Å². The van der Waals surface area contributed by atoms with E-state index in [1.807, 2.05) is 0 Å². The first-order chi connectivity index (χ1) is 5.75. The Morgan fingerprint density at radius 3 is 2.75 bits per heavy atom. The lowest BCUT2D eigenvalue weighted by atomic mass is 9.93. The third-order valence-electron chi connectivity index (χ3n) is 2.96. The lowest BCUT2D eigenvalue weighted by Gasteiger charge is -2.12. The Morgan fingerprint density at radius 1 is 1.42 bits per heavy atom. The maximum Gasteiger partial charge on any atom is -0.0161 e. The SMILES string of the molecule is C=C(C)C=CC1CC2C=CC1C2. The van der Waals surface area contributed by atoms with Crippen LogP contribution in [-0.4, -0.2) is 0 Å². The highest BCUT2D eigenvalue weighted by Gasteiger charge is 2.33. The van der Waals surface area contributed by atoms with E-state index in [4.69, 9.17) is 0 Å². The summed E-state index contributed by atoms with van der Waals surface area (Å²) in [6.07, 6.45) is 12.0. The van der Waals surface area contributed by atoms with Crippen LogP contribution < -0.4 is 0 Å². The zero-order valence-electron chi connectivity index (χ0n) is 7.66. The average Bonchev–Trinajstić information content (AvgIpc) is 2.60. The molecule has 0 saturated heterocycles. The predicted octanol–water partition coefficient (Wildman–Crippen LogP) is 3.33. The van der Waals surface area contributed by atoms with Crippen molar-refractivity contribution < 1.29 is 0 Å². The summed E-state index contributed by atoms with van der Waals surface area (Å²) in [6.45, 7) is 5.93. The van der Waals surface area contributed by atoms with Crippen LogP contribution in [0, 0.1) is 17.8 Å². The molecule has 0 aliphatic heterocycles. The van der Waals surface area contributed by atoms with Crippen molar-refractivity contribution in [2.24, 2.45) is 17.8 Å². The summed E-state index contributed by atoms with van der Waals surface area (Å²) in [7, 11) is 0. The van der Waals surface area contributed by atoms with Gasteiger partial charge in [-0.15, -0.1) is 0 Å². The lowest BCUT2D eigenvalue weighted by Crippen LogP contribution is -2.02. The van der Waals surface area contributed by atoms with E-state index < -0.39 is 0 Å². The molecule has 0 radical (unpaired) electrons. The van der Waals surface area contributed by atoms with Gasteiger partial charge in [-0.25, -0.2) is 0 Å². The Morgan fingerprint density at radius 2 is 2.25 bits per heavy atom. The maximum absolute atomic E-state index is 3.87. The van der Waals surface area contributed by atoms with Crippen molar-refractivity contribution in [1.29, 1.82) is 0 Å². The standard InChI is InChI=1S/C12H16/c1-9(2)3-5-11-7-10-4-6-12(11)8-10/h3-6,10-12H,1,7-8H2,2H3. The van der Waals surface area contributed by atoms with Gasteiger partial charge in [0.2, 0.25) is 0 Å². The molecule has 2 aliphatic carbocycles. The Bertz CT molecular complexity index is 245. The van der Waals surface area contributed by atoms with Gasteiger partial charge in [-0.3, -0.25) is 0 Å². The zero-order chi connectivity index (χ0) is 8.55. The molecule has 0 N–H and O–H groups in total. The summed E-state index contributed by atoms with van der Waals surface area (Å²) in [5.41, 5.74) is 1.17. The molecule has 12 heavy (non-hydrogen) atoms. The molecule has 0 aromatic heterocycles. The van der Waals surface area contributed by atoms with Crippen LogP contribution in [0.3, 0.4) is 0 Å². The highest BCUT2D eigenvalue weighted by molar-refractivity contribution is 5.18. The van der Waals surface area contributed by atoms with Crippen molar-refractivity contribution in [2.45, 2.75) is 19.8 Å². The number of hydrogen-bond donors (Lipinski definition) is 0.